The van der Waals surface area contributed by atoms with Crippen LogP contribution in [0.3, 0.4) is 0 Å². The zero-order chi connectivity index (χ0) is 21.5. The molecule has 7 heteroatoms. The Kier molecular flexibility index (Phi) is 5.70. The average molecular weight is 428 g/mol. The number of rotatable bonds is 6. The van der Waals surface area contributed by atoms with Gasteiger partial charge in [-0.1, -0.05) is 18.2 Å². The van der Waals surface area contributed by atoms with Crippen molar-refractivity contribution in [2.75, 3.05) is 5.32 Å². The van der Waals surface area contributed by atoms with Crippen LogP contribution in [0, 0.1) is 19.8 Å². The number of amides is 1. The number of carbonyl (C=O) groups excluding carboxylic acids is 1. The monoisotopic (exact) mass is 427 g/mol. The van der Waals surface area contributed by atoms with E-state index in [2.05, 4.69) is 15.4 Å². The third-order valence-electron chi connectivity index (χ3n) is 6.48. The normalized spacial score (nSPS) is 24.0. The topological polar surface area (TPSA) is 87.3 Å². The lowest BCUT2D eigenvalue weighted by Crippen LogP contribution is -2.42. The van der Waals surface area contributed by atoms with Crippen LogP contribution in [0.4, 0.5) is 5.69 Å². The van der Waals surface area contributed by atoms with Crippen LogP contribution < -0.4 is 15.4 Å². The fourth-order valence-electron chi connectivity index (χ4n) is 4.78. The Morgan fingerprint density at radius 2 is 1.87 bits per heavy atom. The molecule has 0 unspecified atom stereocenters. The van der Waals surface area contributed by atoms with Gasteiger partial charge in [-0.2, -0.15) is 0 Å². The quantitative estimate of drug-likeness (QED) is 0.660. The lowest BCUT2D eigenvalue weighted by molar-refractivity contribution is 0.102. The number of hydrogen-bond acceptors (Lipinski definition) is 4. The molecule has 2 aromatic carbocycles. The Morgan fingerprint density at radius 1 is 1.10 bits per heavy atom. The van der Waals surface area contributed by atoms with E-state index in [1.807, 2.05) is 32.0 Å². The molecule has 160 valence electrons. The maximum absolute atomic E-state index is 12.9. The fourth-order valence-corrected chi connectivity index (χ4v) is 6.16. The number of carbonyl (C=O) groups is 1. The number of sulfonamides is 1. The minimum atomic E-state index is -3.63. The average Bonchev–Trinajstić information content (AvgIpc) is 3.33. The fraction of sp³-hybridized carbons (Fsp3) is 0.435. The SMILES string of the molecule is Cc1cc(S(=O)(=O)N[C@H](C)[C@H]2C[C@@H]3CC[C@H]2N3)ccc1NC(=O)c1ccccc1C. The van der Waals surface area contributed by atoms with Gasteiger partial charge in [0.1, 0.15) is 0 Å². The third-order valence-corrected chi connectivity index (χ3v) is 8.04. The maximum atomic E-state index is 12.9. The highest BCUT2D eigenvalue weighted by molar-refractivity contribution is 7.89. The van der Waals surface area contributed by atoms with E-state index in [4.69, 9.17) is 0 Å². The molecule has 2 aliphatic rings. The molecule has 2 aliphatic heterocycles. The standard InChI is InChI=1S/C23H29N3O3S/c1-14-6-4-5-7-19(14)23(27)25-21-11-9-18(12-15(21)2)30(28,29)26-16(3)20-13-17-8-10-22(20)24-17/h4-7,9,11-12,16-17,20,22,24,26H,8,10,13H2,1-3H3,(H,25,27)/t16-,17+,20-,22-/m1/s1. The van der Waals surface area contributed by atoms with E-state index in [1.54, 1.807) is 31.2 Å². The molecule has 0 spiro atoms. The molecule has 3 N–H and O–H groups in total. The van der Waals surface area contributed by atoms with Crippen molar-refractivity contribution in [3.8, 4) is 0 Å². The van der Waals surface area contributed by atoms with Crippen LogP contribution in [0.1, 0.15) is 47.7 Å². The van der Waals surface area contributed by atoms with Crippen LogP contribution in [-0.2, 0) is 10.0 Å². The predicted octanol–water partition coefficient (Wildman–Crippen LogP) is 3.36. The summed E-state index contributed by atoms with van der Waals surface area (Å²) in [6.45, 7) is 5.64. The van der Waals surface area contributed by atoms with Crippen LogP contribution in [0.2, 0.25) is 0 Å². The first kappa shape index (κ1) is 21.0. The molecule has 2 heterocycles. The maximum Gasteiger partial charge on any atom is 0.255 e. The number of hydrogen-bond donors (Lipinski definition) is 3. The number of fused-ring (bicyclic) bond motifs is 2. The first-order valence-corrected chi connectivity index (χ1v) is 12.0. The molecular weight excluding hydrogens is 398 g/mol. The highest BCUT2D eigenvalue weighted by atomic mass is 32.2. The van der Waals surface area contributed by atoms with E-state index in [0.29, 0.717) is 34.8 Å². The van der Waals surface area contributed by atoms with Gasteiger partial charge in [0, 0.05) is 29.4 Å². The molecule has 2 aromatic rings. The smallest absolute Gasteiger partial charge is 0.255 e. The van der Waals surface area contributed by atoms with Gasteiger partial charge >= 0.3 is 0 Å². The summed E-state index contributed by atoms with van der Waals surface area (Å²) in [5.74, 6) is 0.120. The van der Waals surface area contributed by atoms with Gasteiger partial charge in [0.25, 0.3) is 5.91 Å². The second-order valence-corrected chi connectivity index (χ2v) is 10.3. The molecule has 1 amide bonds. The second kappa shape index (κ2) is 8.13. The van der Waals surface area contributed by atoms with Gasteiger partial charge in [-0.15, -0.1) is 0 Å². The van der Waals surface area contributed by atoms with Crippen molar-refractivity contribution in [3.05, 3.63) is 59.2 Å². The van der Waals surface area contributed by atoms with Crippen LogP contribution in [0.25, 0.3) is 0 Å². The van der Waals surface area contributed by atoms with Crippen molar-refractivity contribution < 1.29 is 13.2 Å². The van der Waals surface area contributed by atoms with Gasteiger partial charge in [0.05, 0.1) is 4.90 Å². The van der Waals surface area contributed by atoms with Crippen LogP contribution in [0.15, 0.2) is 47.4 Å². The molecule has 0 aliphatic carbocycles. The van der Waals surface area contributed by atoms with Gasteiger partial charge in [0.2, 0.25) is 10.0 Å². The minimum absolute atomic E-state index is 0.126. The molecule has 2 saturated heterocycles. The van der Waals surface area contributed by atoms with Crippen molar-refractivity contribution >= 4 is 21.6 Å². The van der Waals surface area contributed by atoms with Crippen molar-refractivity contribution in [1.29, 1.82) is 0 Å². The number of nitrogens with one attached hydrogen (secondary N) is 3. The van der Waals surface area contributed by atoms with Gasteiger partial charge in [-0.05, 0) is 81.3 Å². The molecule has 0 saturated carbocycles. The summed E-state index contributed by atoms with van der Waals surface area (Å²) >= 11 is 0. The van der Waals surface area contributed by atoms with Crippen LogP contribution in [0.5, 0.6) is 0 Å². The summed E-state index contributed by atoms with van der Waals surface area (Å²) in [5, 5.41) is 6.45. The first-order valence-electron chi connectivity index (χ1n) is 10.5. The zero-order valence-electron chi connectivity index (χ0n) is 17.6. The predicted molar refractivity (Wildman–Crippen MR) is 118 cm³/mol. The minimum Gasteiger partial charge on any atom is -0.322 e. The Morgan fingerprint density at radius 3 is 2.50 bits per heavy atom. The van der Waals surface area contributed by atoms with E-state index in [0.717, 1.165) is 18.4 Å². The molecule has 0 aromatic heterocycles. The molecule has 6 nitrogen and oxygen atoms in total. The van der Waals surface area contributed by atoms with Crippen molar-refractivity contribution in [2.45, 2.75) is 63.1 Å². The van der Waals surface area contributed by atoms with Gasteiger partial charge in [0.15, 0.2) is 0 Å². The molecule has 4 rings (SSSR count). The van der Waals surface area contributed by atoms with Gasteiger partial charge < -0.3 is 10.6 Å². The molecule has 0 radical (unpaired) electrons. The Hall–Kier alpha value is -2.22. The first-order chi connectivity index (χ1) is 14.2. The third kappa shape index (κ3) is 4.15. The summed E-state index contributed by atoms with van der Waals surface area (Å²) < 4.78 is 28.7. The van der Waals surface area contributed by atoms with E-state index >= 15 is 0 Å². The summed E-state index contributed by atoms with van der Waals surface area (Å²) in [6.07, 6.45) is 3.34. The van der Waals surface area contributed by atoms with Crippen molar-refractivity contribution in [2.24, 2.45) is 5.92 Å². The number of anilines is 1. The molecule has 30 heavy (non-hydrogen) atoms. The molecular formula is C23H29N3O3S. The Balaban J connectivity index is 1.46. The highest BCUT2D eigenvalue weighted by Gasteiger charge is 2.42. The van der Waals surface area contributed by atoms with Crippen molar-refractivity contribution in [1.82, 2.24) is 10.0 Å². The summed E-state index contributed by atoms with van der Waals surface area (Å²) in [6, 6.07) is 13.0. The largest absolute Gasteiger partial charge is 0.322 e. The van der Waals surface area contributed by atoms with E-state index in [9.17, 15) is 13.2 Å². The Labute approximate surface area is 178 Å². The number of aryl methyl sites for hydroxylation is 2. The Bertz CT molecular complexity index is 1070. The lowest BCUT2D eigenvalue weighted by atomic mass is 9.85. The van der Waals surface area contributed by atoms with E-state index in [-0.39, 0.29) is 16.8 Å². The van der Waals surface area contributed by atoms with Crippen LogP contribution in [-0.4, -0.2) is 32.5 Å². The highest BCUT2D eigenvalue weighted by Crippen LogP contribution is 2.35. The van der Waals surface area contributed by atoms with Crippen LogP contribution >= 0.6 is 0 Å². The zero-order valence-corrected chi connectivity index (χ0v) is 18.4. The van der Waals surface area contributed by atoms with Crippen molar-refractivity contribution in [3.63, 3.8) is 0 Å². The van der Waals surface area contributed by atoms with Gasteiger partial charge in [-0.3, -0.25) is 4.79 Å². The lowest BCUT2D eigenvalue weighted by Gasteiger charge is -2.27. The summed E-state index contributed by atoms with van der Waals surface area (Å²) in [4.78, 5) is 12.8. The number of benzene rings is 2. The molecule has 2 bridgehead atoms. The molecule has 2 fully saturated rings. The van der Waals surface area contributed by atoms with E-state index < -0.39 is 10.0 Å². The summed E-state index contributed by atoms with van der Waals surface area (Å²) in [7, 11) is -3.63. The summed E-state index contributed by atoms with van der Waals surface area (Å²) in [5.41, 5.74) is 2.80. The second-order valence-electron chi connectivity index (χ2n) is 8.60. The van der Waals surface area contributed by atoms with Gasteiger partial charge in [-0.25, -0.2) is 13.1 Å². The van der Waals surface area contributed by atoms with E-state index in [1.165, 1.54) is 6.42 Å². The molecule has 4 atom stereocenters.